The lowest BCUT2D eigenvalue weighted by Gasteiger charge is -2.25. The zero-order valence-electron chi connectivity index (χ0n) is 11.9. The molecule has 4 heteroatoms. The van der Waals surface area contributed by atoms with E-state index in [1.165, 1.54) is 0 Å². The first-order valence-electron chi connectivity index (χ1n) is 6.76. The van der Waals surface area contributed by atoms with Crippen molar-refractivity contribution in [3.8, 4) is 5.75 Å². The first kappa shape index (κ1) is 14.2. The van der Waals surface area contributed by atoms with Crippen LogP contribution >= 0.6 is 0 Å². The quantitative estimate of drug-likeness (QED) is 0.886. The molecule has 1 aromatic carbocycles. The Balaban J connectivity index is 2.25. The van der Waals surface area contributed by atoms with Crippen molar-refractivity contribution in [1.82, 2.24) is 0 Å². The van der Waals surface area contributed by atoms with Crippen molar-refractivity contribution >= 4 is 5.69 Å². The van der Waals surface area contributed by atoms with Crippen molar-refractivity contribution in [2.45, 2.75) is 19.4 Å². The van der Waals surface area contributed by atoms with E-state index in [-0.39, 0.29) is 0 Å². The SMILES string of the molecule is COCC1CCN(c2cccc(OC)c2C(C)O)C1. The van der Waals surface area contributed by atoms with Crippen LogP contribution in [0.4, 0.5) is 5.69 Å². The summed E-state index contributed by atoms with van der Waals surface area (Å²) in [6.07, 6.45) is 0.595. The van der Waals surface area contributed by atoms with E-state index in [0.717, 1.165) is 43.1 Å². The third-order valence-electron chi connectivity index (χ3n) is 3.71. The van der Waals surface area contributed by atoms with Crippen LogP contribution < -0.4 is 9.64 Å². The second-order valence-electron chi connectivity index (χ2n) is 5.13. The minimum Gasteiger partial charge on any atom is -0.496 e. The summed E-state index contributed by atoms with van der Waals surface area (Å²) in [4.78, 5) is 2.31. The Hall–Kier alpha value is -1.26. The Bertz CT molecular complexity index is 420. The van der Waals surface area contributed by atoms with Gasteiger partial charge in [-0.3, -0.25) is 0 Å². The van der Waals surface area contributed by atoms with Crippen LogP contribution in [-0.4, -0.2) is 39.0 Å². The van der Waals surface area contributed by atoms with Gasteiger partial charge in [0.2, 0.25) is 0 Å². The molecule has 1 aliphatic heterocycles. The number of nitrogens with zero attached hydrogens (tertiary/aromatic N) is 1. The number of rotatable bonds is 5. The van der Waals surface area contributed by atoms with Gasteiger partial charge in [-0.2, -0.15) is 0 Å². The van der Waals surface area contributed by atoms with E-state index in [1.54, 1.807) is 21.1 Å². The summed E-state index contributed by atoms with van der Waals surface area (Å²) in [6.45, 7) is 4.55. The van der Waals surface area contributed by atoms with Gasteiger partial charge in [0.05, 0.1) is 19.8 Å². The fourth-order valence-electron chi connectivity index (χ4n) is 2.83. The molecule has 2 rings (SSSR count). The molecule has 19 heavy (non-hydrogen) atoms. The molecule has 0 bridgehead atoms. The summed E-state index contributed by atoms with van der Waals surface area (Å²) in [5, 5.41) is 10.0. The van der Waals surface area contributed by atoms with Gasteiger partial charge in [-0.15, -0.1) is 0 Å². The maximum absolute atomic E-state index is 10.0. The van der Waals surface area contributed by atoms with Gasteiger partial charge >= 0.3 is 0 Å². The minimum absolute atomic E-state index is 0.535. The molecular weight excluding hydrogens is 242 g/mol. The maximum Gasteiger partial charge on any atom is 0.126 e. The average molecular weight is 265 g/mol. The number of benzene rings is 1. The molecule has 0 amide bonds. The van der Waals surface area contributed by atoms with Crippen LogP contribution in [0.2, 0.25) is 0 Å². The van der Waals surface area contributed by atoms with Crippen LogP contribution in [0, 0.1) is 5.92 Å². The first-order valence-corrected chi connectivity index (χ1v) is 6.76. The molecule has 0 aromatic heterocycles. The number of aliphatic hydroxyl groups is 1. The van der Waals surface area contributed by atoms with Crippen LogP contribution in [0.1, 0.15) is 25.0 Å². The molecule has 1 saturated heterocycles. The Kier molecular flexibility index (Phi) is 4.66. The van der Waals surface area contributed by atoms with Gasteiger partial charge in [-0.05, 0) is 25.5 Å². The van der Waals surface area contributed by atoms with E-state index in [1.807, 2.05) is 12.1 Å². The van der Waals surface area contributed by atoms with E-state index in [9.17, 15) is 5.11 Å². The summed E-state index contributed by atoms with van der Waals surface area (Å²) in [5.41, 5.74) is 1.95. The molecule has 2 atom stereocenters. The highest BCUT2D eigenvalue weighted by Crippen LogP contribution is 2.36. The Morgan fingerprint density at radius 1 is 1.42 bits per heavy atom. The van der Waals surface area contributed by atoms with Gasteiger partial charge in [-0.25, -0.2) is 0 Å². The topological polar surface area (TPSA) is 41.9 Å². The van der Waals surface area contributed by atoms with Crippen LogP contribution in [0.15, 0.2) is 18.2 Å². The predicted octanol–water partition coefficient (Wildman–Crippen LogP) is 2.22. The number of hydrogen-bond donors (Lipinski definition) is 1. The third kappa shape index (κ3) is 3.01. The largest absolute Gasteiger partial charge is 0.496 e. The second kappa shape index (κ2) is 6.26. The van der Waals surface area contributed by atoms with E-state index in [2.05, 4.69) is 11.0 Å². The number of methoxy groups -OCH3 is 2. The highest BCUT2D eigenvalue weighted by Gasteiger charge is 2.26. The summed E-state index contributed by atoms with van der Waals surface area (Å²) in [7, 11) is 3.39. The van der Waals surface area contributed by atoms with Crippen molar-refractivity contribution < 1.29 is 14.6 Å². The molecule has 1 aromatic rings. The molecule has 0 aliphatic carbocycles. The van der Waals surface area contributed by atoms with Crippen LogP contribution in [0.3, 0.4) is 0 Å². The zero-order chi connectivity index (χ0) is 13.8. The summed E-state index contributed by atoms with van der Waals surface area (Å²) >= 11 is 0. The first-order chi connectivity index (χ1) is 9.17. The normalized spacial score (nSPS) is 20.6. The lowest BCUT2D eigenvalue weighted by atomic mass is 10.1. The fourth-order valence-corrected chi connectivity index (χ4v) is 2.83. The Labute approximate surface area is 114 Å². The predicted molar refractivity (Wildman–Crippen MR) is 75.8 cm³/mol. The maximum atomic E-state index is 10.0. The van der Waals surface area contributed by atoms with Gasteiger partial charge < -0.3 is 19.5 Å². The minimum atomic E-state index is -0.535. The molecule has 106 valence electrons. The van der Waals surface area contributed by atoms with Gasteiger partial charge in [0, 0.05) is 37.4 Å². The second-order valence-corrected chi connectivity index (χ2v) is 5.13. The molecule has 0 saturated carbocycles. The molecule has 1 aliphatic rings. The lowest BCUT2D eigenvalue weighted by molar-refractivity contribution is 0.160. The van der Waals surface area contributed by atoms with Crippen molar-refractivity contribution in [1.29, 1.82) is 0 Å². The van der Waals surface area contributed by atoms with Crippen molar-refractivity contribution in [3.05, 3.63) is 23.8 Å². The summed E-state index contributed by atoms with van der Waals surface area (Å²) < 4.78 is 10.6. The Morgan fingerprint density at radius 3 is 2.84 bits per heavy atom. The standard InChI is InChI=1S/C15H23NO3/c1-11(17)15-13(5-4-6-14(15)19-3)16-8-7-12(9-16)10-18-2/h4-6,11-12,17H,7-10H2,1-3H3. The monoisotopic (exact) mass is 265 g/mol. The molecule has 4 nitrogen and oxygen atoms in total. The molecule has 1 heterocycles. The molecule has 2 unspecified atom stereocenters. The van der Waals surface area contributed by atoms with Gasteiger partial charge in [0.1, 0.15) is 5.75 Å². The van der Waals surface area contributed by atoms with Crippen molar-refractivity contribution in [2.75, 3.05) is 38.8 Å². The lowest BCUT2D eigenvalue weighted by Crippen LogP contribution is -2.23. The van der Waals surface area contributed by atoms with E-state index >= 15 is 0 Å². The summed E-state index contributed by atoms with van der Waals surface area (Å²) in [5.74, 6) is 1.32. The van der Waals surface area contributed by atoms with Crippen LogP contribution in [0.25, 0.3) is 0 Å². The molecule has 0 radical (unpaired) electrons. The number of anilines is 1. The number of ether oxygens (including phenoxy) is 2. The van der Waals surface area contributed by atoms with E-state index in [0.29, 0.717) is 5.92 Å². The molecular formula is C15H23NO3. The number of aliphatic hydroxyl groups excluding tert-OH is 1. The Morgan fingerprint density at radius 2 is 2.21 bits per heavy atom. The smallest absolute Gasteiger partial charge is 0.126 e. The van der Waals surface area contributed by atoms with E-state index < -0.39 is 6.10 Å². The van der Waals surface area contributed by atoms with Gasteiger partial charge in [0.15, 0.2) is 0 Å². The molecule has 1 fully saturated rings. The van der Waals surface area contributed by atoms with Gasteiger partial charge in [-0.1, -0.05) is 6.07 Å². The average Bonchev–Trinajstić information content (AvgIpc) is 2.86. The zero-order valence-corrected chi connectivity index (χ0v) is 11.9. The molecule has 1 N–H and O–H groups in total. The highest BCUT2D eigenvalue weighted by molar-refractivity contribution is 5.61. The number of hydrogen-bond acceptors (Lipinski definition) is 4. The third-order valence-corrected chi connectivity index (χ3v) is 3.71. The highest BCUT2D eigenvalue weighted by atomic mass is 16.5. The molecule has 0 spiro atoms. The summed E-state index contributed by atoms with van der Waals surface area (Å²) in [6, 6.07) is 5.93. The van der Waals surface area contributed by atoms with Crippen molar-refractivity contribution in [2.24, 2.45) is 5.92 Å². The van der Waals surface area contributed by atoms with Crippen LogP contribution in [-0.2, 0) is 4.74 Å². The van der Waals surface area contributed by atoms with Crippen molar-refractivity contribution in [3.63, 3.8) is 0 Å². The van der Waals surface area contributed by atoms with Crippen LogP contribution in [0.5, 0.6) is 5.75 Å². The van der Waals surface area contributed by atoms with E-state index in [4.69, 9.17) is 9.47 Å². The fraction of sp³-hybridized carbons (Fsp3) is 0.600. The van der Waals surface area contributed by atoms with Gasteiger partial charge in [0.25, 0.3) is 0 Å².